The molecule has 9 unspecified atom stereocenters. The van der Waals surface area contributed by atoms with Gasteiger partial charge in [0.2, 0.25) is 6.10 Å². The fourth-order valence-corrected chi connectivity index (χ4v) is 23.3. The molecule has 0 radical (unpaired) electrons. The van der Waals surface area contributed by atoms with Crippen molar-refractivity contribution in [1.82, 2.24) is 0 Å². The number of halogens is 3. The van der Waals surface area contributed by atoms with Gasteiger partial charge in [0.1, 0.15) is 40.2 Å². The van der Waals surface area contributed by atoms with E-state index in [0.29, 0.717) is 81.0 Å². The Morgan fingerprint density at radius 3 is 1.50 bits per heavy atom. The van der Waals surface area contributed by atoms with Gasteiger partial charge in [-0.1, -0.05) is 110 Å². The van der Waals surface area contributed by atoms with Crippen LogP contribution in [0.1, 0.15) is 292 Å². The second kappa shape index (κ2) is 44.6. The summed E-state index contributed by atoms with van der Waals surface area (Å²) in [5, 5.41) is 21.5. The number of carbonyl (C=O) groups excluding carboxylic acids is 7. The SMILES string of the molecule is CCC(C)(C)C(=O)OC(C)(C)C12CC3CC(CC(C3)C1)C2.CCC(C)(C)C(=O)OC12CC3CC(C1)CC(C(=O)OC(CS(=O)(=O)[O-])C(F)(F)F)(C3)C2.CCC(C)(C)C(=O)OC1C2CC3C(=O)OC1C3O2.CCC(C)(C)C(=O)Oc1ccc(O)c(OC)c1.CCC(C)(C)C(=O)Oc1ccc(O)cc1OC.CCC(C)c1ccc(OC(C)(C)CC)cc1.c1ccc(-[s+]2c3ccccc3c3ccccc32)cc1. The number of thiophene rings is 1. The van der Waals surface area contributed by atoms with E-state index in [-0.39, 0.29) is 116 Å². The molecule has 2 N–H and O–H groups in total. The van der Waals surface area contributed by atoms with Crippen LogP contribution in [0.5, 0.6) is 40.2 Å². The Morgan fingerprint density at radius 1 is 0.525 bits per heavy atom. The zero-order valence-corrected chi connectivity index (χ0v) is 87.6. The van der Waals surface area contributed by atoms with Gasteiger partial charge >= 0.3 is 48.0 Å². The van der Waals surface area contributed by atoms with E-state index in [1.807, 2.05) is 83.1 Å². The lowest BCUT2D eigenvalue weighted by Crippen LogP contribution is -2.61. The van der Waals surface area contributed by atoms with Crippen LogP contribution in [0.3, 0.4) is 0 Å². The third kappa shape index (κ3) is 26.9. The summed E-state index contributed by atoms with van der Waals surface area (Å²) < 4.78 is 135. The molecule has 3 saturated heterocycles. The third-order valence-corrected chi connectivity index (χ3v) is 34.1. The van der Waals surface area contributed by atoms with Crippen LogP contribution in [0.25, 0.3) is 25.1 Å². The first kappa shape index (κ1) is 111. The van der Waals surface area contributed by atoms with Crippen LogP contribution in [0.15, 0.2) is 140 Å². The quantitative estimate of drug-likeness (QED) is 0.0151. The smallest absolute Gasteiger partial charge is 0.426 e. The Labute approximate surface area is 823 Å². The van der Waals surface area contributed by atoms with Gasteiger partial charge in [0.25, 0.3) is 0 Å². The Hall–Kier alpha value is -9.51. The van der Waals surface area contributed by atoms with E-state index in [9.17, 15) is 69.9 Å². The number of ether oxygens (including phenoxy) is 11. The lowest BCUT2D eigenvalue weighted by molar-refractivity contribution is -0.239. The second-order valence-corrected chi connectivity index (χ2v) is 47.6. The highest BCUT2D eigenvalue weighted by molar-refractivity contribution is 7.85. The number of alkyl halides is 3. The summed E-state index contributed by atoms with van der Waals surface area (Å²) in [5.41, 5.74) is -3.63. The molecule has 8 saturated carbocycles. The summed E-state index contributed by atoms with van der Waals surface area (Å²) in [7, 11) is -2.32. The fraction of sp³-hybridized carbons (Fsp3) is 0.613. The number of hydrogen-bond donors (Lipinski definition) is 2. The molecule has 11 aliphatic rings. The number of phenols is 2. The zero-order chi connectivity index (χ0) is 103. The van der Waals surface area contributed by atoms with Crippen LogP contribution in [0.2, 0.25) is 0 Å². The molecule has 23 nitrogen and oxygen atoms in total. The summed E-state index contributed by atoms with van der Waals surface area (Å²) in [6, 6.07) is 45.7. The monoisotopic (exact) mass is 1970 g/mol. The number of rotatable bonds is 28. The maximum absolute atomic E-state index is 13.3. The highest BCUT2D eigenvalue weighted by Gasteiger charge is 2.67. The highest BCUT2D eigenvalue weighted by atomic mass is 32.2. The van der Waals surface area contributed by atoms with Crippen LogP contribution < -0.4 is 23.7 Å². The molecule has 10 bridgehead atoms. The molecular formula is C111H151F3O23S2. The van der Waals surface area contributed by atoms with E-state index >= 15 is 0 Å². The Balaban J connectivity index is 0.000000169. The van der Waals surface area contributed by atoms with E-state index < -0.39 is 85.0 Å². The molecule has 0 spiro atoms. The molecule has 3 aliphatic heterocycles. The maximum Gasteiger partial charge on any atom is 0.426 e. The maximum atomic E-state index is 13.3. The Morgan fingerprint density at radius 2 is 1.01 bits per heavy atom. The Bertz CT molecular complexity index is 5430. The minimum Gasteiger partial charge on any atom is -0.748 e. The van der Waals surface area contributed by atoms with Gasteiger partial charge in [0, 0.05) is 45.2 Å². The van der Waals surface area contributed by atoms with E-state index in [4.69, 9.17) is 47.4 Å². The van der Waals surface area contributed by atoms with Gasteiger partial charge in [-0.25, -0.2) is 8.42 Å². The number of aromatic hydroxyl groups is 2. The van der Waals surface area contributed by atoms with Crippen molar-refractivity contribution in [3.8, 4) is 45.1 Å². The van der Waals surface area contributed by atoms with E-state index in [1.54, 1.807) is 13.8 Å². The van der Waals surface area contributed by atoms with Gasteiger partial charge in [-0.05, 0) is 333 Å². The molecule has 28 heteroatoms. The van der Waals surface area contributed by atoms with Gasteiger partial charge in [0.15, 0.2) is 49.5 Å². The predicted octanol–water partition coefficient (Wildman–Crippen LogP) is 25.3. The fourth-order valence-electron chi connectivity index (χ4n) is 20.3. The van der Waals surface area contributed by atoms with Crippen LogP contribution in [-0.4, -0.2) is 138 Å². The molecule has 9 atom stereocenters. The van der Waals surface area contributed by atoms with Crippen molar-refractivity contribution in [2.24, 2.45) is 73.4 Å². The topological polar surface area (TPSA) is 319 Å². The van der Waals surface area contributed by atoms with Gasteiger partial charge in [0.05, 0.1) is 74.6 Å². The number of hydrogen-bond acceptors (Lipinski definition) is 23. The van der Waals surface area contributed by atoms with Gasteiger partial charge < -0.3 is 66.9 Å². The summed E-state index contributed by atoms with van der Waals surface area (Å²) in [6.45, 7) is 43.5. The van der Waals surface area contributed by atoms with Gasteiger partial charge in [-0.3, -0.25) is 33.6 Å². The van der Waals surface area contributed by atoms with Crippen molar-refractivity contribution < 1.29 is 122 Å². The van der Waals surface area contributed by atoms with E-state index in [1.165, 1.54) is 126 Å². The number of benzene rings is 6. The largest absolute Gasteiger partial charge is 0.748 e. The first-order chi connectivity index (χ1) is 64.8. The second-order valence-electron chi connectivity index (χ2n) is 44.2. The summed E-state index contributed by atoms with van der Waals surface area (Å²) >= 11 is 0. The molecule has 7 aromatic rings. The van der Waals surface area contributed by atoms with Gasteiger partial charge in [-0.15, -0.1) is 0 Å². The van der Waals surface area contributed by atoms with Crippen LogP contribution >= 0.6 is 10.5 Å². The summed E-state index contributed by atoms with van der Waals surface area (Å²) in [6.07, 6.45) is 7.56. The predicted molar refractivity (Wildman–Crippen MR) is 530 cm³/mol. The van der Waals surface area contributed by atoms with Crippen molar-refractivity contribution in [3.63, 3.8) is 0 Å². The number of carbonyl (C=O) groups is 7. The van der Waals surface area contributed by atoms with Crippen molar-refractivity contribution in [2.75, 3.05) is 20.0 Å². The lowest BCUT2D eigenvalue weighted by Gasteiger charge is -2.61. The number of methoxy groups -OCH3 is 2. The third-order valence-electron chi connectivity index (χ3n) is 31.1. The zero-order valence-electron chi connectivity index (χ0n) is 86.0. The van der Waals surface area contributed by atoms with Crippen molar-refractivity contribution in [1.29, 1.82) is 0 Å². The molecule has 139 heavy (non-hydrogen) atoms. The average Bonchev–Trinajstić information content (AvgIpc) is 1.63. The van der Waals surface area contributed by atoms with Crippen molar-refractivity contribution in [3.05, 3.63) is 145 Å². The number of phenolic OH excluding ortho intramolecular Hbond substituents is 2. The first-order valence-electron chi connectivity index (χ1n) is 49.6. The molecule has 4 heterocycles. The van der Waals surface area contributed by atoms with Crippen molar-refractivity contribution in [2.45, 2.75) is 340 Å². The molecule has 0 amide bonds. The molecule has 1 aromatic heterocycles. The van der Waals surface area contributed by atoms with Crippen LogP contribution in [0.4, 0.5) is 13.2 Å². The minimum atomic E-state index is -5.27. The molecule has 8 aliphatic carbocycles. The highest BCUT2D eigenvalue weighted by Crippen LogP contribution is 2.66. The molecular weight excluding hydrogens is 1820 g/mol. The average molecular weight is 1970 g/mol. The standard InChI is InChI=1S/C20H29F3O7S.C19H32O2.C18H13S.C15H24O.C13H18O5.2C13H18O4/c1-4-17(2,3)15(24)30-19-8-12-5-13(9-19)7-18(6-12,11-19)16(25)29-14(20(21,22)23)10-31(26,27)28;1-6-17(2,3)16(20)21-18(4,5)19-10-13-7-14(11-19)9-15(8-13)12-19;1-2-8-14(9-3-1)19-17-12-6-4-10-15(17)16-11-5-7-13-18(16)19;1-6-12(3)13-8-10-14(11-9-13)16-15(4,5)7-2;1-4-13(2,3)12(15)18-9-7-5-6-8(16-7)10(9)17-11(6)14;1-5-13(2,3)12(15)17-9-6-7-10(14)11(8-9)16-4;1-5-13(2,3)12(15)17-10-7-6-9(14)8-11(10)16-4/h12-14H,4-11H2,1-3H3,(H,26,27,28);13-15H,6-12H2,1-5H3;1-13H;8-12H,6-7H2,1-5H3;6-10H,4-5H2,1-3H3;2*6-8,14H,5H2,1-4H3/q;;+1;;;;/p-1. The first-order valence-corrected chi connectivity index (χ1v) is 52.4. The summed E-state index contributed by atoms with van der Waals surface area (Å²) in [4.78, 5) is 87.0. The van der Waals surface area contributed by atoms with Gasteiger partial charge in [-0.2, -0.15) is 13.2 Å². The van der Waals surface area contributed by atoms with Crippen LogP contribution in [0, 0.1) is 73.4 Å². The van der Waals surface area contributed by atoms with E-state index in [2.05, 4.69) is 163 Å². The Kier molecular flexibility index (Phi) is 35.7. The normalized spacial score (nSPS) is 24.5. The lowest BCUT2D eigenvalue weighted by atomic mass is 9.46. The van der Waals surface area contributed by atoms with Crippen LogP contribution in [-0.2, 0) is 72.1 Å². The summed E-state index contributed by atoms with van der Waals surface area (Å²) in [5.74, 6) is 1.02. The molecule has 6 aromatic carbocycles. The molecule has 11 fully saturated rings. The van der Waals surface area contributed by atoms with E-state index in [0.717, 1.165) is 42.8 Å². The molecule has 766 valence electrons. The number of fused-ring (bicyclic) bond motifs is 4. The number of esters is 7. The minimum absolute atomic E-state index is 0.00100. The van der Waals surface area contributed by atoms with Crippen molar-refractivity contribution >= 4 is 82.5 Å². The molecule has 18 rings (SSSR count).